The average Bonchev–Trinajstić information content (AvgIpc) is 2.35. The van der Waals surface area contributed by atoms with Crippen molar-refractivity contribution in [2.24, 2.45) is 5.92 Å². The lowest BCUT2D eigenvalue weighted by Crippen LogP contribution is -2.41. The molecule has 1 atom stereocenters. The van der Waals surface area contributed by atoms with Crippen LogP contribution in [0.25, 0.3) is 0 Å². The van der Waals surface area contributed by atoms with Gasteiger partial charge in [-0.25, -0.2) is 4.79 Å². The Morgan fingerprint density at radius 2 is 1.89 bits per heavy atom. The largest absolute Gasteiger partial charge is 0.479 e. The average molecular weight is 257 g/mol. The van der Waals surface area contributed by atoms with E-state index >= 15 is 0 Å². The van der Waals surface area contributed by atoms with Gasteiger partial charge in [-0.3, -0.25) is 4.79 Å². The number of nitrogens with zero attached hydrogens (tertiary/aromatic N) is 1. The van der Waals surface area contributed by atoms with Crippen LogP contribution >= 0.6 is 0 Å². The van der Waals surface area contributed by atoms with Gasteiger partial charge >= 0.3 is 5.97 Å². The molecule has 0 aliphatic heterocycles. The van der Waals surface area contributed by atoms with Gasteiger partial charge in [-0.15, -0.1) is 0 Å². The molecule has 0 aromatic rings. The Labute approximate surface area is 108 Å². The maximum Gasteiger partial charge on any atom is 0.332 e. The van der Waals surface area contributed by atoms with Gasteiger partial charge in [-0.2, -0.15) is 0 Å². The predicted octanol–water partition coefficient (Wildman–Crippen LogP) is 1.51. The van der Waals surface area contributed by atoms with Gasteiger partial charge in [0, 0.05) is 13.1 Å². The molecule has 1 amide bonds. The Bertz CT molecular complexity index is 297. The first-order valence-electron chi connectivity index (χ1n) is 6.52. The van der Waals surface area contributed by atoms with Crippen molar-refractivity contribution in [3.8, 4) is 0 Å². The third kappa shape index (κ3) is 4.29. The highest BCUT2D eigenvalue weighted by Gasteiger charge is 2.25. The molecule has 1 saturated carbocycles. The zero-order valence-electron chi connectivity index (χ0n) is 11.4. The van der Waals surface area contributed by atoms with E-state index in [0.717, 1.165) is 31.6 Å². The molecule has 18 heavy (non-hydrogen) atoms. The van der Waals surface area contributed by atoms with Crippen LogP contribution in [0.3, 0.4) is 0 Å². The Morgan fingerprint density at radius 3 is 2.39 bits per heavy atom. The van der Waals surface area contributed by atoms with Crippen molar-refractivity contribution in [2.75, 3.05) is 13.7 Å². The quantitative estimate of drug-likeness (QED) is 0.810. The number of carboxylic acid groups (broad SMARTS) is 1. The van der Waals surface area contributed by atoms with Gasteiger partial charge in [0.15, 0.2) is 6.10 Å². The summed E-state index contributed by atoms with van der Waals surface area (Å²) in [7, 11) is 1.78. The normalized spacial score (nSPS) is 25.5. The van der Waals surface area contributed by atoms with Crippen LogP contribution in [0.1, 0.15) is 39.5 Å². The second kappa shape index (κ2) is 6.73. The second-order valence-corrected chi connectivity index (χ2v) is 5.21. The van der Waals surface area contributed by atoms with E-state index in [1.165, 1.54) is 6.92 Å². The SMILES string of the molecule is CC1CCC(N(C)C(=O)CO[C@H](C)C(=O)O)CC1. The molecule has 0 heterocycles. The number of hydrogen-bond donors (Lipinski definition) is 1. The van der Waals surface area contributed by atoms with Gasteiger partial charge < -0.3 is 14.7 Å². The summed E-state index contributed by atoms with van der Waals surface area (Å²) in [6.07, 6.45) is 3.41. The molecule has 104 valence electrons. The molecular formula is C13H23NO4. The number of likely N-dealkylation sites (N-methyl/N-ethyl adjacent to an activating group) is 1. The number of rotatable bonds is 5. The van der Waals surface area contributed by atoms with E-state index < -0.39 is 12.1 Å². The van der Waals surface area contributed by atoms with E-state index in [9.17, 15) is 9.59 Å². The molecular weight excluding hydrogens is 234 g/mol. The fourth-order valence-corrected chi connectivity index (χ4v) is 2.20. The molecule has 1 aliphatic rings. The van der Waals surface area contributed by atoms with E-state index in [4.69, 9.17) is 9.84 Å². The van der Waals surface area contributed by atoms with E-state index in [2.05, 4.69) is 6.92 Å². The number of amides is 1. The molecule has 0 unspecified atom stereocenters. The van der Waals surface area contributed by atoms with Crippen LogP contribution in [-0.4, -0.2) is 47.7 Å². The number of aliphatic carboxylic acids is 1. The molecule has 0 aromatic heterocycles. The fourth-order valence-electron chi connectivity index (χ4n) is 2.20. The maximum absolute atomic E-state index is 11.9. The predicted molar refractivity (Wildman–Crippen MR) is 67.2 cm³/mol. The van der Waals surface area contributed by atoms with Crippen molar-refractivity contribution in [1.82, 2.24) is 4.90 Å². The maximum atomic E-state index is 11.9. The van der Waals surface area contributed by atoms with Crippen molar-refractivity contribution in [3.05, 3.63) is 0 Å². The van der Waals surface area contributed by atoms with Crippen molar-refractivity contribution < 1.29 is 19.4 Å². The Morgan fingerprint density at radius 1 is 1.33 bits per heavy atom. The summed E-state index contributed by atoms with van der Waals surface area (Å²) in [5.74, 6) is -0.437. The first-order chi connectivity index (χ1) is 8.41. The van der Waals surface area contributed by atoms with Gasteiger partial charge in [0.05, 0.1) is 0 Å². The zero-order chi connectivity index (χ0) is 13.7. The molecule has 1 fully saturated rings. The standard InChI is InChI=1S/C13H23NO4/c1-9-4-6-11(7-5-9)14(3)12(15)8-18-10(2)13(16)17/h9-11H,4-8H2,1-3H3,(H,16,17)/t9?,10-,11?/m1/s1. The molecule has 1 aliphatic carbocycles. The van der Waals surface area contributed by atoms with E-state index in [1.54, 1.807) is 11.9 Å². The van der Waals surface area contributed by atoms with Crippen LogP contribution in [0.5, 0.6) is 0 Å². The Kier molecular flexibility index (Phi) is 5.59. The summed E-state index contributed by atoms with van der Waals surface area (Å²) in [4.78, 5) is 24.1. The number of carboxylic acids is 1. The summed E-state index contributed by atoms with van der Waals surface area (Å²) < 4.78 is 5.01. The Hall–Kier alpha value is -1.10. The van der Waals surface area contributed by atoms with Gasteiger partial charge in [0.1, 0.15) is 6.61 Å². The zero-order valence-corrected chi connectivity index (χ0v) is 11.4. The lowest BCUT2D eigenvalue weighted by molar-refractivity contribution is -0.153. The third-order valence-corrected chi connectivity index (χ3v) is 3.73. The highest BCUT2D eigenvalue weighted by Crippen LogP contribution is 2.26. The van der Waals surface area contributed by atoms with E-state index in [1.807, 2.05) is 0 Å². The molecule has 5 nitrogen and oxygen atoms in total. The minimum Gasteiger partial charge on any atom is -0.479 e. The lowest BCUT2D eigenvalue weighted by Gasteiger charge is -2.33. The van der Waals surface area contributed by atoms with Crippen LogP contribution in [0, 0.1) is 5.92 Å². The fraction of sp³-hybridized carbons (Fsp3) is 0.846. The van der Waals surface area contributed by atoms with E-state index in [-0.39, 0.29) is 18.6 Å². The van der Waals surface area contributed by atoms with Gasteiger partial charge in [-0.1, -0.05) is 6.92 Å². The van der Waals surface area contributed by atoms with Crippen molar-refractivity contribution in [3.63, 3.8) is 0 Å². The van der Waals surface area contributed by atoms with Gasteiger partial charge in [0.2, 0.25) is 5.91 Å². The van der Waals surface area contributed by atoms with Crippen LogP contribution < -0.4 is 0 Å². The minimum absolute atomic E-state index is 0.136. The minimum atomic E-state index is -1.04. The van der Waals surface area contributed by atoms with E-state index in [0.29, 0.717) is 0 Å². The topological polar surface area (TPSA) is 66.8 Å². The number of carbonyl (C=O) groups excluding carboxylic acids is 1. The first-order valence-corrected chi connectivity index (χ1v) is 6.52. The molecule has 0 spiro atoms. The van der Waals surface area contributed by atoms with Crippen LogP contribution in [0.4, 0.5) is 0 Å². The summed E-state index contributed by atoms with van der Waals surface area (Å²) in [6.45, 7) is 3.50. The third-order valence-electron chi connectivity index (χ3n) is 3.73. The van der Waals surface area contributed by atoms with Crippen LogP contribution in [0.15, 0.2) is 0 Å². The Balaban J connectivity index is 2.35. The summed E-state index contributed by atoms with van der Waals surface area (Å²) in [6, 6.07) is 0.275. The van der Waals surface area contributed by atoms with Crippen molar-refractivity contribution in [2.45, 2.75) is 51.7 Å². The van der Waals surface area contributed by atoms with Crippen molar-refractivity contribution >= 4 is 11.9 Å². The summed E-state index contributed by atoms with van der Waals surface area (Å²) in [5.41, 5.74) is 0. The molecule has 0 aromatic carbocycles. The first kappa shape index (κ1) is 15.0. The summed E-state index contributed by atoms with van der Waals surface area (Å²) in [5, 5.41) is 8.66. The summed E-state index contributed by atoms with van der Waals surface area (Å²) >= 11 is 0. The molecule has 5 heteroatoms. The van der Waals surface area contributed by atoms with Gasteiger partial charge in [-0.05, 0) is 38.5 Å². The van der Waals surface area contributed by atoms with Crippen molar-refractivity contribution in [1.29, 1.82) is 0 Å². The monoisotopic (exact) mass is 257 g/mol. The molecule has 0 saturated heterocycles. The highest BCUT2D eigenvalue weighted by atomic mass is 16.5. The number of carbonyl (C=O) groups is 2. The van der Waals surface area contributed by atoms with Crippen LogP contribution in [-0.2, 0) is 14.3 Å². The second-order valence-electron chi connectivity index (χ2n) is 5.21. The van der Waals surface area contributed by atoms with Crippen LogP contribution in [0.2, 0.25) is 0 Å². The molecule has 1 N–H and O–H groups in total. The van der Waals surface area contributed by atoms with Gasteiger partial charge in [0.25, 0.3) is 0 Å². The molecule has 1 rings (SSSR count). The molecule has 0 bridgehead atoms. The lowest BCUT2D eigenvalue weighted by atomic mass is 9.87. The molecule has 0 radical (unpaired) electrons. The number of hydrogen-bond acceptors (Lipinski definition) is 3. The highest BCUT2D eigenvalue weighted by molar-refractivity contribution is 5.78. The number of ether oxygens (including phenoxy) is 1. The smallest absolute Gasteiger partial charge is 0.332 e.